The van der Waals surface area contributed by atoms with Crippen molar-refractivity contribution in [2.45, 2.75) is 76.0 Å². The van der Waals surface area contributed by atoms with Crippen LogP contribution in [-0.4, -0.2) is 30.3 Å². The van der Waals surface area contributed by atoms with E-state index in [1.54, 1.807) is 0 Å². The third-order valence-corrected chi connectivity index (χ3v) is 8.81. The van der Waals surface area contributed by atoms with Gasteiger partial charge in [0.25, 0.3) is 10.1 Å². The summed E-state index contributed by atoms with van der Waals surface area (Å²) in [6.45, 7) is 4.82. The van der Waals surface area contributed by atoms with Crippen LogP contribution in [0.1, 0.15) is 65.2 Å². The van der Waals surface area contributed by atoms with Crippen molar-refractivity contribution in [3.63, 3.8) is 0 Å². The Bertz CT molecular complexity index is 616. The summed E-state index contributed by atoms with van der Waals surface area (Å²) in [5.74, 6) is 2.65. The van der Waals surface area contributed by atoms with Gasteiger partial charge in [-0.3, -0.25) is 4.55 Å². The maximum atomic E-state index is 11.9. The van der Waals surface area contributed by atoms with Crippen LogP contribution in [0, 0.1) is 23.7 Å². The molecule has 0 aliphatic heterocycles. The predicted octanol–water partition coefficient (Wildman–Crippen LogP) is 3.55. The second kappa shape index (κ2) is 5.82. The number of allylic oxidation sites excluding steroid dienone is 2. The average Bonchev–Trinajstić information content (AvgIpc) is 2.45. The first-order chi connectivity index (χ1) is 11.2. The topological polar surface area (TPSA) is 66.4 Å². The van der Waals surface area contributed by atoms with Crippen molar-refractivity contribution in [3.05, 3.63) is 11.1 Å². The van der Waals surface area contributed by atoms with Crippen LogP contribution in [0.25, 0.3) is 0 Å². The van der Waals surface area contributed by atoms with E-state index < -0.39 is 15.4 Å². The van der Waals surface area contributed by atoms with Crippen LogP contribution in [-0.2, 0) is 10.1 Å². The Kier molecular flexibility index (Phi) is 4.13. The molecule has 0 amide bonds. The van der Waals surface area contributed by atoms with Crippen molar-refractivity contribution in [1.29, 1.82) is 0 Å². The molecule has 5 heteroatoms. The highest BCUT2D eigenvalue weighted by atomic mass is 32.2. The zero-order valence-electron chi connectivity index (χ0n) is 14.9. The van der Waals surface area contributed by atoms with Crippen LogP contribution in [0.3, 0.4) is 0 Å². The van der Waals surface area contributed by atoms with E-state index >= 15 is 0 Å². The Morgan fingerprint density at radius 3 is 2.00 bits per heavy atom. The summed E-state index contributed by atoms with van der Waals surface area (Å²) in [4.78, 5) is 0. The van der Waals surface area contributed by atoms with Gasteiger partial charge in [0, 0.05) is 12.1 Å². The largest absolute Gasteiger partial charge is 0.311 e. The van der Waals surface area contributed by atoms with Gasteiger partial charge in [-0.05, 0) is 88.9 Å². The van der Waals surface area contributed by atoms with Gasteiger partial charge in [0.1, 0.15) is 0 Å². The molecule has 2 atom stereocenters. The molecule has 0 spiro atoms. The molecule has 136 valence electrons. The van der Waals surface area contributed by atoms with Crippen LogP contribution in [0.4, 0.5) is 0 Å². The highest BCUT2D eigenvalue weighted by molar-refractivity contribution is 7.86. The summed E-state index contributed by atoms with van der Waals surface area (Å²) in [7, 11) is -3.98. The third-order valence-electron chi connectivity index (χ3n) is 7.49. The molecule has 4 fully saturated rings. The van der Waals surface area contributed by atoms with E-state index in [0.717, 1.165) is 36.3 Å². The Morgan fingerprint density at radius 1 is 1.00 bits per heavy atom. The fraction of sp³-hybridized carbons (Fsp3) is 0.895. The van der Waals surface area contributed by atoms with E-state index in [4.69, 9.17) is 0 Å². The van der Waals surface area contributed by atoms with Gasteiger partial charge >= 0.3 is 0 Å². The van der Waals surface area contributed by atoms with Crippen molar-refractivity contribution in [2.75, 3.05) is 6.54 Å². The van der Waals surface area contributed by atoms with Gasteiger partial charge in [0.15, 0.2) is 0 Å². The number of rotatable bonds is 4. The molecule has 0 aromatic rings. The molecule has 2 N–H and O–H groups in total. The van der Waals surface area contributed by atoms with Gasteiger partial charge in [-0.2, -0.15) is 8.42 Å². The van der Waals surface area contributed by atoms with Crippen LogP contribution >= 0.6 is 0 Å². The van der Waals surface area contributed by atoms with Crippen LogP contribution in [0.5, 0.6) is 0 Å². The van der Waals surface area contributed by atoms with Gasteiger partial charge < -0.3 is 5.32 Å². The monoisotopic (exact) mass is 353 g/mol. The third kappa shape index (κ3) is 3.08. The molecule has 4 bridgehead atoms. The Balaban J connectivity index is 1.48. The van der Waals surface area contributed by atoms with Gasteiger partial charge in [-0.25, -0.2) is 0 Å². The zero-order valence-corrected chi connectivity index (χ0v) is 15.7. The molecule has 5 aliphatic rings. The van der Waals surface area contributed by atoms with E-state index in [-0.39, 0.29) is 11.5 Å². The molecule has 5 aliphatic carbocycles. The van der Waals surface area contributed by atoms with E-state index in [1.165, 1.54) is 44.1 Å². The van der Waals surface area contributed by atoms with Crippen LogP contribution < -0.4 is 5.32 Å². The Morgan fingerprint density at radius 2 is 1.50 bits per heavy atom. The highest BCUT2D eigenvalue weighted by Crippen LogP contribution is 2.55. The first-order valence-corrected chi connectivity index (χ1v) is 11.1. The lowest BCUT2D eigenvalue weighted by Gasteiger charge is -2.57. The molecule has 0 saturated heterocycles. The maximum absolute atomic E-state index is 11.9. The Labute approximate surface area is 146 Å². The molecule has 4 saturated carbocycles. The summed E-state index contributed by atoms with van der Waals surface area (Å²) in [5, 5.41) is 3.20. The van der Waals surface area contributed by atoms with Crippen molar-refractivity contribution in [1.82, 2.24) is 5.32 Å². The number of hydrogen-bond acceptors (Lipinski definition) is 3. The van der Waals surface area contributed by atoms with Gasteiger partial charge in [0.2, 0.25) is 0 Å². The second-order valence-corrected chi connectivity index (χ2v) is 11.0. The van der Waals surface area contributed by atoms with Crippen LogP contribution in [0.15, 0.2) is 11.1 Å². The number of hydrogen-bond donors (Lipinski definition) is 2. The van der Waals surface area contributed by atoms with Crippen molar-refractivity contribution < 1.29 is 13.0 Å². The van der Waals surface area contributed by atoms with Gasteiger partial charge in [-0.15, -0.1) is 0 Å². The normalized spacial score (nSPS) is 45.0. The summed E-state index contributed by atoms with van der Waals surface area (Å²) in [5.41, 5.74) is 2.68. The quantitative estimate of drug-likeness (QED) is 0.599. The smallest absolute Gasteiger partial charge is 0.268 e. The van der Waals surface area contributed by atoms with E-state index in [0.29, 0.717) is 6.42 Å². The van der Waals surface area contributed by atoms with E-state index in [2.05, 4.69) is 12.2 Å². The molecule has 0 aromatic heterocycles. The SMILES string of the molecule is CC1=C(C)CC(S(=O)(=O)O)C(CNC23CC4CC(CC(C4)C2)C3)C1. The molecule has 5 rings (SSSR count). The molecular formula is C19H31NO3S. The lowest BCUT2D eigenvalue weighted by Crippen LogP contribution is -2.59. The molecule has 4 nitrogen and oxygen atoms in total. The fourth-order valence-electron chi connectivity index (χ4n) is 6.57. The molecular weight excluding hydrogens is 322 g/mol. The standard InChI is InChI=1S/C19H31NO3S/c1-12-3-17(18(4-13(12)2)24(21,22)23)11-20-19-8-14-5-15(9-19)7-16(6-14)10-19/h14-18,20H,3-11H2,1-2H3,(H,21,22,23). The van der Waals surface area contributed by atoms with E-state index in [9.17, 15) is 13.0 Å². The minimum atomic E-state index is -3.98. The molecule has 2 unspecified atom stereocenters. The lowest BCUT2D eigenvalue weighted by molar-refractivity contribution is -0.0214. The average molecular weight is 354 g/mol. The predicted molar refractivity (Wildman–Crippen MR) is 95.3 cm³/mol. The lowest BCUT2D eigenvalue weighted by atomic mass is 9.53. The first kappa shape index (κ1) is 17.0. The molecule has 0 radical (unpaired) electrons. The zero-order chi connectivity index (χ0) is 17.1. The minimum Gasteiger partial charge on any atom is -0.311 e. The summed E-state index contributed by atoms with van der Waals surface area (Å²) in [6, 6.07) is 0. The molecule has 0 heterocycles. The van der Waals surface area contributed by atoms with Crippen LogP contribution in [0.2, 0.25) is 0 Å². The molecule has 0 aromatic carbocycles. The van der Waals surface area contributed by atoms with E-state index in [1.807, 2.05) is 6.92 Å². The van der Waals surface area contributed by atoms with Gasteiger partial charge in [-0.1, -0.05) is 11.1 Å². The van der Waals surface area contributed by atoms with Crippen molar-refractivity contribution >= 4 is 10.1 Å². The first-order valence-electron chi connectivity index (χ1n) is 9.61. The molecule has 24 heavy (non-hydrogen) atoms. The number of nitrogens with one attached hydrogen (secondary N) is 1. The summed E-state index contributed by atoms with van der Waals surface area (Å²) in [6.07, 6.45) is 9.34. The second-order valence-electron chi connectivity index (χ2n) is 9.36. The maximum Gasteiger partial charge on any atom is 0.268 e. The van der Waals surface area contributed by atoms with Crippen molar-refractivity contribution in [2.24, 2.45) is 23.7 Å². The Hall–Kier alpha value is -0.390. The van der Waals surface area contributed by atoms with Crippen molar-refractivity contribution in [3.8, 4) is 0 Å². The summed E-state index contributed by atoms with van der Waals surface area (Å²) >= 11 is 0. The summed E-state index contributed by atoms with van der Waals surface area (Å²) < 4.78 is 33.5. The fourth-order valence-corrected chi connectivity index (χ4v) is 7.71. The van der Waals surface area contributed by atoms with Gasteiger partial charge in [0.05, 0.1) is 5.25 Å². The minimum absolute atomic E-state index is 0.00305. The highest BCUT2D eigenvalue weighted by Gasteiger charge is 2.51.